The molecule has 2 fully saturated rings. The topological polar surface area (TPSA) is 50.6 Å². The molecule has 0 spiro atoms. The second kappa shape index (κ2) is 6.32. The molecule has 2 saturated heterocycles. The molecule has 1 atom stereocenters. The van der Waals surface area contributed by atoms with Gasteiger partial charge in [-0.25, -0.2) is 13.8 Å². The van der Waals surface area contributed by atoms with E-state index in [-0.39, 0.29) is 11.7 Å². The van der Waals surface area contributed by atoms with Crippen molar-refractivity contribution in [2.45, 2.75) is 38.3 Å². The summed E-state index contributed by atoms with van der Waals surface area (Å²) >= 11 is 0. The molecule has 1 amide bonds. The third-order valence-electron chi connectivity index (χ3n) is 5.54. The zero-order valence-corrected chi connectivity index (χ0v) is 14.5. The molecule has 1 unspecified atom stereocenters. The monoisotopic (exact) mass is 354 g/mol. The number of halogens is 2. The molecule has 3 aliphatic rings. The van der Waals surface area contributed by atoms with Crippen molar-refractivity contribution in [2.24, 2.45) is 5.92 Å². The second-order valence-electron chi connectivity index (χ2n) is 7.42. The Morgan fingerprint density at radius 2 is 2.04 bits per heavy atom. The number of nitrogens with zero attached hydrogens (tertiary/aromatic N) is 4. The van der Waals surface area contributed by atoms with Crippen LogP contribution in [0.3, 0.4) is 0 Å². The van der Waals surface area contributed by atoms with Gasteiger partial charge < -0.3 is 14.2 Å². The molecule has 0 bridgehead atoms. The number of ether oxygens (including phenoxy) is 1. The Balaban J connectivity index is 1.43. The molecule has 4 heterocycles. The molecule has 3 aliphatic heterocycles. The third-order valence-corrected chi connectivity index (χ3v) is 5.54. The third kappa shape index (κ3) is 3.29. The van der Waals surface area contributed by atoms with Crippen LogP contribution < -0.4 is 0 Å². The van der Waals surface area contributed by atoms with Crippen LogP contribution in [0.2, 0.25) is 0 Å². The van der Waals surface area contributed by atoms with Crippen molar-refractivity contribution in [2.75, 3.05) is 39.4 Å². The van der Waals surface area contributed by atoms with Crippen molar-refractivity contribution >= 4 is 5.91 Å². The lowest BCUT2D eigenvalue weighted by Gasteiger charge is -2.38. The van der Waals surface area contributed by atoms with Crippen LogP contribution in [0.1, 0.15) is 42.1 Å². The SMILES string of the molecule is CC1c2nc(C(=O)N3CC(F)(F)C3)cn2CCN1CC1CCOCC1. The summed E-state index contributed by atoms with van der Waals surface area (Å²) in [6.07, 6.45) is 3.89. The maximum Gasteiger partial charge on any atom is 0.282 e. The van der Waals surface area contributed by atoms with Crippen molar-refractivity contribution in [3.05, 3.63) is 17.7 Å². The first-order valence-corrected chi connectivity index (χ1v) is 8.99. The van der Waals surface area contributed by atoms with E-state index < -0.39 is 24.9 Å². The minimum Gasteiger partial charge on any atom is -0.381 e. The molecule has 0 N–H and O–H groups in total. The molecule has 4 rings (SSSR count). The summed E-state index contributed by atoms with van der Waals surface area (Å²) in [7, 11) is 0. The quantitative estimate of drug-likeness (QED) is 0.830. The van der Waals surface area contributed by atoms with Crippen LogP contribution in [-0.2, 0) is 11.3 Å². The number of fused-ring (bicyclic) bond motifs is 1. The summed E-state index contributed by atoms with van der Waals surface area (Å²) in [5.74, 6) is -1.64. The Labute approximate surface area is 145 Å². The number of alkyl halides is 2. The summed E-state index contributed by atoms with van der Waals surface area (Å²) in [5, 5.41) is 0. The molecular formula is C17H24F2N4O2. The van der Waals surface area contributed by atoms with Crippen molar-refractivity contribution in [3.63, 3.8) is 0 Å². The fraction of sp³-hybridized carbons (Fsp3) is 0.765. The summed E-state index contributed by atoms with van der Waals surface area (Å²) in [6, 6.07) is 0.121. The second-order valence-corrected chi connectivity index (χ2v) is 7.42. The molecule has 0 radical (unpaired) electrons. The molecule has 0 aromatic carbocycles. The molecule has 6 nitrogen and oxygen atoms in total. The Hall–Kier alpha value is -1.54. The average Bonchev–Trinajstić information content (AvgIpc) is 3.00. The maximum atomic E-state index is 13.0. The highest BCUT2D eigenvalue weighted by atomic mass is 19.3. The van der Waals surface area contributed by atoms with Crippen LogP contribution in [0.15, 0.2) is 6.20 Å². The Bertz CT molecular complexity index is 649. The first-order chi connectivity index (χ1) is 11.9. The first kappa shape index (κ1) is 16.9. The molecule has 1 aromatic heterocycles. The van der Waals surface area contributed by atoms with E-state index in [0.29, 0.717) is 5.92 Å². The van der Waals surface area contributed by atoms with Gasteiger partial charge in [-0.2, -0.15) is 0 Å². The minimum absolute atomic E-state index is 0.121. The van der Waals surface area contributed by atoms with Crippen molar-refractivity contribution in [1.29, 1.82) is 0 Å². The van der Waals surface area contributed by atoms with Gasteiger partial charge in [-0.1, -0.05) is 0 Å². The Morgan fingerprint density at radius 1 is 1.32 bits per heavy atom. The van der Waals surface area contributed by atoms with Crippen LogP contribution in [0, 0.1) is 5.92 Å². The van der Waals surface area contributed by atoms with Crippen LogP contribution in [-0.4, -0.2) is 70.6 Å². The van der Waals surface area contributed by atoms with Gasteiger partial charge in [-0.15, -0.1) is 0 Å². The average molecular weight is 354 g/mol. The number of carbonyl (C=O) groups is 1. The standard InChI is InChI=1S/C17H24F2N4O2/c1-12-15-20-14(16(24)23-10-17(18,19)11-23)9-22(15)5-4-21(12)8-13-2-6-25-7-3-13/h9,12-13H,2-8,10-11H2,1H3. The van der Waals surface area contributed by atoms with Gasteiger partial charge >= 0.3 is 0 Å². The summed E-state index contributed by atoms with van der Waals surface area (Å²) < 4.78 is 33.4. The highest BCUT2D eigenvalue weighted by Gasteiger charge is 2.47. The molecule has 0 aliphatic carbocycles. The van der Waals surface area contributed by atoms with Gasteiger partial charge in [-0.3, -0.25) is 9.69 Å². The van der Waals surface area contributed by atoms with Crippen molar-refractivity contribution < 1.29 is 18.3 Å². The number of carbonyl (C=O) groups excluding carboxylic acids is 1. The van der Waals surface area contributed by atoms with Gasteiger partial charge in [0.15, 0.2) is 0 Å². The van der Waals surface area contributed by atoms with Gasteiger partial charge in [0.2, 0.25) is 0 Å². The zero-order chi connectivity index (χ0) is 17.6. The van der Waals surface area contributed by atoms with Crippen LogP contribution in [0.25, 0.3) is 0 Å². The van der Waals surface area contributed by atoms with Gasteiger partial charge in [0.1, 0.15) is 11.5 Å². The maximum absolute atomic E-state index is 13.0. The first-order valence-electron chi connectivity index (χ1n) is 8.99. The smallest absolute Gasteiger partial charge is 0.282 e. The molecule has 25 heavy (non-hydrogen) atoms. The summed E-state index contributed by atoms with van der Waals surface area (Å²) in [6.45, 7) is 5.47. The highest BCUT2D eigenvalue weighted by Crippen LogP contribution is 2.30. The Kier molecular flexibility index (Phi) is 4.27. The molecule has 138 valence electrons. The van der Waals surface area contributed by atoms with E-state index in [4.69, 9.17) is 4.74 Å². The van der Waals surface area contributed by atoms with E-state index in [1.54, 1.807) is 6.20 Å². The molecule has 1 aromatic rings. The zero-order valence-electron chi connectivity index (χ0n) is 14.5. The summed E-state index contributed by atoms with van der Waals surface area (Å²) in [4.78, 5) is 20.4. The fourth-order valence-corrected chi connectivity index (χ4v) is 3.97. The van der Waals surface area contributed by atoms with E-state index in [9.17, 15) is 13.6 Å². The number of hydrogen-bond donors (Lipinski definition) is 0. The summed E-state index contributed by atoms with van der Waals surface area (Å²) in [5.41, 5.74) is 0.283. The number of rotatable bonds is 3. The predicted octanol–water partition coefficient (Wildman–Crippen LogP) is 1.78. The number of hydrogen-bond acceptors (Lipinski definition) is 4. The molecule has 0 saturated carbocycles. The lowest BCUT2D eigenvalue weighted by atomic mass is 9.98. The van der Waals surface area contributed by atoms with Gasteiger partial charge in [-0.05, 0) is 25.7 Å². The number of imidazole rings is 1. The van der Waals surface area contributed by atoms with E-state index >= 15 is 0 Å². The van der Waals surface area contributed by atoms with Crippen LogP contribution in [0.4, 0.5) is 8.78 Å². The van der Waals surface area contributed by atoms with Gasteiger partial charge in [0, 0.05) is 39.0 Å². The van der Waals surface area contributed by atoms with E-state index in [1.165, 1.54) is 4.90 Å². The van der Waals surface area contributed by atoms with E-state index in [2.05, 4.69) is 16.8 Å². The van der Waals surface area contributed by atoms with E-state index in [0.717, 1.165) is 51.5 Å². The predicted molar refractivity (Wildman–Crippen MR) is 86.6 cm³/mol. The van der Waals surface area contributed by atoms with Crippen molar-refractivity contribution in [3.8, 4) is 0 Å². The number of amides is 1. The highest BCUT2D eigenvalue weighted by molar-refractivity contribution is 5.93. The lowest BCUT2D eigenvalue weighted by Crippen LogP contribution is -2.58. The van der Waals surface area contributed by atoms with Crippen LogP contribution in [0.5, 0.6) is 0 Å². The Morgan fingerprint density at radius 3 is 2.72 bits per heavy atom. The largest absolute Gasteiger partial charge is 0.381 e. The lowest BCUT2D eigenvalue weighted by molar-refractivity contribution is -0.113. The normalized spacial score (nSPS) is 27.0. The van der Waals surface area contributed by atoms with Crippen molar-refractivity contribution in [1.82, 2.24) is 19.4 Å². The van der Waals surface area contributed by atoms with Crippen LogP contribution >= 0.6 is 0 Å². The van der Waals surface area contributed by atoms with E-state index in [1.807, 2.05) is 4.57 Å². The molecular weight excluding hydrogens is 330 g/mol. The van der Waals surface area contributed by atoms with Gasteiger partial charge in [0.05, 0.1) is 19.1 Å². The van der Waals surface area contributed by atoms with Gasteiger partial charge in [0.25, 0.3) is 11.8 Å². The fourth-order valence-electron chi connectivity index (χ4n) is 3.97. The number of likely N-dealkylation sites (tertiary alicyclic amines) is 1. The minimum atomic E-state index is -2.75. The molecule has 8 heteroatoms. The number of aromatic nitrogens is 2.